The van der Waals surface area contributed by atoms with Gasteiger partial charge in [-0.3, -0.25) is 9.59 Å². The van der Waals surface area contributed by atoms with Gasteiger partial charge >= 0.3 is 0 Å². The minimum atomic E-state index is -1.04. The van der Waals surface area contributed by atoms with Crippen LogP contribution in [0.3, 0.4) is 0 Å². The second-order valence-corrected chi connectivity index (χ2v) is 9.09. The van der Waals surface area contributed by atoms with E-state index in [-0.39, 0.29) is 18.4 Å². The average Bonchev–Trinajstić information content (AvgIpc) is 2.86. The number of amides is 2. The lowest BCUT2D eigenvalue weighted by Crippen LogP contribution is -2.61. The van der Waals surface area contributed by atoms with Crippen LogP contribution in [-0.2, 0) is 27.3 Å². The molecule has 0 aromatic heterocycles. The zero-order chi connectivity index (χ0) is 24.0. The van der Waals surface area contributed by atoms with E-state index in [0.29, 0.717) is 44.9 Å². The van der Waals surface area contributed by atoms with Crippen molar-refractivity contribution in [2.24, 2.45) is 0 Å². The number of ether oxygens (including phenoxy) is 3. The molecule has 2 aliphatic rings. The van der Waals surface area contributed by atoms with Crippen molar-refractivity contribution in [3.63, 3.8) is 0 Å². The monoisotopic (exact) mass is 466 g/mol. The fraction of sp³-hybridized carbons (Fsp3) is 0.481. The van der Waals surface area contributed by atoms with Crippen molar-refractivity contribution >= 4 is 11.8 Å². The molecule has 1 spiro atoms. The van der Waals surface area contributed by atoms with Crippen LogP contribution >= 0.6 is 0 Å². The van der Waals surface area contributed by atoms with Crippen molar-refractivity contribution in [2.75, 3.05) is 47.0 Å². The highest BCUT2D eigenvalue weighted by molar-refractivity contribution is 5.95. The molecule has 1 saturated heterocycles. The number of hydrogen-bond donors (Lipinski definition) is 0. The Hall–Kier alpha value is -2.90. The molecule has 4 rings (SSSR count). The van der Waals surface area contributed by atoms with Crippen molar-refractivity contribution in [2.45, 2.75) is 37.9 Å². The second-order valence-electron chi connectivity index (χ2n) is 9.09. The van der Waals surface area contributed by atoms with Gasteiger partial charge in [0.05, 0.1) is 26.3 Å². The molecular formula is C27H34N2O5. The van der Waals surface area contributed by atoms with Crippen LogP contribution in [0.4, 0.5) is 0 Å². The third-order valence-electron chi connectivity index (χ3n) is 6.63. The minimum absolute atomic E-state index is 0.0838. The van der Waals surface area contributed by atoms with E-state index in [1.165, 1.54) is 5.56 Å². The van der Waals surface area contributed by atoms with Gasteiger partial charge in [0.25, 0.3) is 11.8 Å². The molecule has 0 radical (unpaired) electrons. The Bertz CT molecular complexity index is 1010. The maximum atomic E-state index is 13.6. The number of para-hydroxylation sites is 1. The van der Waals surface area contributed by atoms with Crippen LogP contribution < -0.4 is 4.74 Å². The lowest BCUT2D eigenvalue weighted by Gasteiger charge is -2.43. The van der Waals surface area contributed by atoms with Crippen molar-refractivity contribution in [1.29, 1.82) is 0 Å². The minimum Gasteiger partial charge on any atom is -0.491 e. The van der Waals surface area contributed by atoms with Gasteiger partial charge in [-0.15, -0.1) is 0 Å². The predicted octanol–water partition coefficient (Wildman–Crippen LogP) is 3.31. The Labute approximate surface area is 201 Å². The largest absolute Gasteiger partial charge is 0.491 e. The zero-order valence-corrected chi connectivity index (χ0v) is 20.1. The Morgan fingerprint density at radius 1 is 1.09 bits per heavy atom. The molecule has 2 heterocycles. The summed E-state index contributed by atoms with van der Waals surface area (Å²) in [7, 11) is 3.42. The summed E-state index contributed by atoms with van der Waals surface area (Å²) in [6.07, 6.45) is 3.19. The fourth-order valence-corrected chi connectivity index (χ4v) is 4.81. The quantitative estimate of drug-likeness (QED) is 0.694. The molecule has 0 bridgehead atoms. The number of carbonyl (C=O) groups is 2. The molecule has 1 unspecified atom stereocenters. The number of rotatable bonds is 3. The average molecular weight is 467 g/mol. The number of benzene rings is 2. The molecule has 0 aliphatic carbocycles. The van der Waals surface area contributed by atoms with Gasteiger partial charge in [0.1, 0.15) is 12.4 Å². The third-order valence-corrected chi connectivity index (χ3v) is 6.63. The number of aryl methyl sites for hydroxylation is 1. The van der Waals surface area contributed by atoms with E-state index in [0.717, 1.165) is 30.6 Å². The summed E-state index contributed by atoms with van der Waals surface area (Å²) >= 11 is 0. The van der Waals surface area contributed by atoms with Crippen LogP contribution in [0.25, 0.3) is 0 Å². The second kappa shape index (κ2) is 11.0. The molecule has 1 atom stereocenters. The van der Waals surface area contributed by atoms with Gasteiger partial charge in [0.15, 0.2) is 5.60 Å². The summed E-state index contributed by atoms with van der Waals surface area (Å²) in [5.74, 6) is 0.718. The van der Waals surface area contributed by atoms with Crippen molar-refractivity contribution in [3.8, 4) is 5.75 Å². The normalized spacial score (nSPS) is 21.9. The Balaban J connectivity index is 1.53. The third kappa shape index (κ3) is 5.42. The van der Waals surface area contributed by atoms with E-state index < -0.39 is 5.60 Å². The van der Waals surface area contributed by atoms with Gasteiger partial charge < -0.3 is 24.0 Å². The molecule has 2 aromatic rings. The first-order valence-corrected chi connectivity index (χ1v) is 12.0. The molecule has 34 heavy (non-hydrogen) atoms. The van der Waals surface area contributed by atoms with Crippen molar-refractivity contribution in [1.82, 2.24) is 9.80 Å². The summed E-state index contributed by atoms with van der Waals surface area (Å²) in [5.41, 5.74) is 1.69. The molecule has 0 saturated carbocycles. The summed E-state index contributed by atoms with van der Waals surface area (Å²) in [4.78, 5) is 30.4. The Morgan fingerprint density at radius 3 is 2.79 bits per heavy atom. The van der Waals surface area contributed by atoms with E-state index >= 15 is 0 Å². The summed E-state index contributed by atoms with van der Waals surface area (Å²) in [6.45, 7) is 2.35. The number of nitrogens with zero attached hydrogens (tertiary/aromatic N) is 2. The van der Waals surface area contributed by atoms with Crippen LogP contribution in [-0.4, -0.2) is 74.2 Å². The Kier molecular flexibility index (Phi) is 7.85. The molecule has 2 aliphatic heterocycles. The van der Waals surface area contributed by atoms with Crippen LogP contribution in [0.5, 0.6) is 5.75 Å². The standard InChI is InChI=1S/C27H34N2O5/c1-28-14-16-33-24-12-4-3-9-22(24)10-5-6-13-27(26(28)31)20-29(15-17-34-27)25(30)23-11-7-8-21(18-23)19-32-2/h3-4,7-9,11-12,18H,5-6,10,13-17,19-20H2,1-2H3. The Morgan fingerprint density at radius 2 is 1.94 bits per heavy atom. The predicted molar refractivity (Wildman–Crippen MR) is 129 cm³/mol. The summed E-state index contributed by atoms with van der Waals surface area (Å²) in [6, 6.07) is 15.6. The van der Waals surface area contributed by atoms with Crippen molar-refractivity contribution < 1.29 is 23.8 Å². The van der Waals surface area contributed by atoms with Gasteiger partial charge in [-0.1, -0.05) is 30.3 Å². The van der Waals surface area contributed by atoms with Crippen LogP contribution in [0.1, 0.15) is 40.7 Å². The topological polar surface area (TPSA) is 68.3 Å². The maximum Gasteiger partial charge on any atom is 0.256 e. The summed E-state index contributed by atoms with van der Waals surface area (Å²) < 4.78 is 17.4. The molecule has 7 heteroatoms. The SMILES string of the molecule is COCc1cccc(C(=O)N2CCOC3(CCCCc4ccccc4OCCN(C)C3=O)C2)c1. The number of carbonyl (C=O) groups excluding carboxylic acids is 2. The van der Waals surface area contributed by atoms with E-state index in [4.69, 9.17) is 14.2 Å². The zero-order valence-electron chi connectivity index (χ0n) is 20.1. The number of methoxy groups -OCH3 is 1. The number of hydrogen-bond acceptors (Lipinski definition) is 5. The lowest BCUT2D eigenvalue weighted by atomic mass is 9.91. The molecule has 2 aromatic carbocycles. The van der Waals surface area contributed by atoms with Gasteiger partial charge in [-0.25, -0.2) is 0 Å². The van der Waals surface area contributed by atoms with E-state index in [1.54, 1.807) is 24.0 Å². The molecule has 0 N–H and O–H groups in total. The first-order valence-electron chi connectivity index (χ1n) is 12.0. The molecule has 182 valence electrons. The first-order chi connectivity index (χ1) is 16.5. The molecule has 2 amide bonds. The highest BCUT2D eigenvalue weighted by atomic mass is 16.5. The van der Waals surface area contributed by atoms with Gasteiger partial charge in [-0.05, 0) is 55.0 Å². The van der Waals surface area contributed by atoms with Crippen LogP contribution in [0.2, 0.25) is 0 Å². The highest BCUT2D eigenvalue weighted by Gasteiger charge is 2.46. The number of fused-ring (bicyclic) bond motifs is 1. The fourth-order valence-electron chi connectivity index (χ4n) is 4.81. The van der Waals surface area contributed by atoms with Gasteiger partial charge in [0.2, 0.25) is 0 Å². The smallest absolute Gasteiger partial charge is 0.256 e. The molecule has 1 fully saturated rings. The van der Waals surface area contributed by atoms with E-state index in [2.05, 4.69) is 6.07 Å². The number of morpholine rings is 1. The van der Waals surface area contributed by atoms with E-state index in [9.17, 15) is 9.59 Å². The lowest BCUT2D eigenvalue weighted by molar-refractivity contribution is -0.169. The van der Waals surface area contributed by atoms with Crippen LogP contribution in [0.15, 0.2) is 48.5 Å². The highest BCUT2D eigenvalue weighted by Crippen LogP contribution is 2.30. The van der Waals surface area contributed by atoms with Crippen LogP contribution in [0, 0.1) is 0 Å². The first kappa shape index (κ1) is 24.2. The maximum absolute atomic E-state index is 13.6. The van der Waals surface area contributed by atoms with E-state index in [1.807, 2.05) is 42.5 Å². The summed E-state index contributed by atoms with van der Waals surface area (Å²) in [5, 5.41) is 0. The van der Waals surface area contributed by atoms with Gasteiger partial charge in [0, 0.05) is 26.3 Å². The van der Waals surface area contributed by atoms with Crippen molar-refractivity contribution in [3.05, 3.63) is 65.2 Å². The molecular weight excluding hydrogens is 432 g/mol. The van der Waals surface area contributed by atoms with Gasteiger partial charge in [-0.2, -0.15) is 0 Å². The number of likely N-dealkylation sites (N-methyl/N-ethyl adjacent to an activating group) is 1. The molecule has 7 nitrogen and oxygen atoms in total.